The third-order valence-corrected chi connectivity index (χ3v) is 2.76. The Balaban J connectivity index is 2.16. The first-order valence-electron chi connectivity index (χ1n) is 6.10. The lowest BCUT2D eigenvalue weighted by Crippen LogP contribution is -2.05. The molecule has 2 aromatic rings. The van der Waals surface area contributed by atoms with Gasteiger partial charge in [-0.3, -0.25) is 4.98 Å². The first-order valence-corrected chi connectivity index (χ1v) is 6.10. The van der Waals surface area contributed by atoms with Crippen LogP contribution in [0.1, 0.15) is 24.2 Å². The lowest BCUT2D eigenvalue weighted by molar-refractivity contribution is 0.172. The van der Waals surface area contributed by atoms with Gasteiger partial charge in [-0.1, -0.05) is 18.2 Å². The molecular formula is C15H17NO2. The van der Waals surface area contributed by atoms with Gasteiger partial charge in [-0.2, -0.15) is 0 Å². The molecule has 0 aliphatic carbocycles. The highest BCUT2D eigenvalue weighted by molar-refractivity contribution is 5.36. The fourth-order valence-electron chi connectivity index (χ4n) is 1.89. The summed E-state index contributed by atoms with van der Waals surface area (Å²) in [5.74, 6) is 0.751. The van der Waals surface area contributed by atoms with Crippen LogP contribution in [-0.2, 0) is 6.42 Å². The van der Waals surface area contributed by atoms with Crippen molar-refractivity contribution < 1.29 is 9.84 Å². The highest BCUT2D eigenvalue weighted by Crippen LogP contribution is 2.27. The zero-order valence-corrected chi connectivity index (χ0v) is 10.4. The molecule has 94 valence electrons. The van der Waals surface area contributed by atoms with Crippen molar-refractivity contribution in [3.63, 3.8) is 0 Å². The predicted molar refractivity (Wildman–Crippen MR) is 70.5 cm³/mol. The van der Waals surface area contributed by atoms with Crippen molar-refractivity contribution in [1.82, 2.24) is 4.98 Å². The minimum Gasteiger partial charge on any atom is -0.493 e. The number of nitrogens with zero attached hydrogens (tertiary/aromatic N) is 1. The smallest absolute Gasteiger partial charge is 0.125 e. The van der Waals surface area contributed by atoms with Crippen molar-refractivity contribution in [2.45, 2.75) is 19.4 Å². The van der Waals surface area contributed by atoms with Crippen molar-refractivity contribution in [2.24, 2.45) is 0 Å². The van der Waals surface area contributed by atoms with Gasteiger partial charge in [0.25, 0.3) is 0 Å². The zero-order chi connectivity index (χ0) is 12.8. The molecule has 1 N–H and O–H groups in total. The third kappa shape index (κ3) is 3.08. The van der Waals surface area contributed by atoms with Crippen LogP contribution in [0.15, 0.2) is 48.8 Å². The first kappa shape index (κ1) is 12.6. The lowest BCUT2D eigenvalue weighted by Gasteiger charge is -2.15. The van der Waals surface area contributed by atoms with E-state index in [0.717, 1.165) is 16.9 Å². The molecule has 0 aliphatic heterocycles. The van der Waals surface area contributed by atoms with Gasteiger partial charge in [0.2, 0.25) is 0 Å². The van der Waals surface area contributed by atoms with Crippen molar-refractivity contribution in [1.29, 1.82) is 0 Å². The van der Waals surface area contributed by atoms with E-state index in [1.165, 1.54) is 0 Å². The minimum absolute atomic E-state index is 0.560. The van der Waals surface area contributed by atoms with Gasteiger partial charge in [0.05, 0.1) is 12.7 Å². The first-order chi connectivity index (χ1) is 8.81. The molecule has 1 aromatic carbocycles. The normalized spacial score (nSPS) is 12.1. The molecule has 0 radical (unpaired) electrons. The molecule has 1 heterocycles. The molecular weight excluding hydrogens is 226 g/mol. The number of aliphatic hydroxyl groups excluding tert-OH is 1. The largest absolute Gasteiger partial charge is 0.493 e. The maximum Gasteiger partial charge on any atom is 0.125 e. The van der Waals surface area contributed by atoms with Gasteiger partial charge in [-0.05, 0) is 30.7 Å². The predicted octanol–water partition coefficient (Wildman–Crippen LogP) is 2.76. The molecule has 0 aliphatic rings. The van der Waals surface area contributed by atoms with Crippen LogP contribution in [0.5, 0.6) is 5.75 Å². The topological polar surface area (TPSA) is 42.4 Å². The Morgan fingerprint density at radius 1 is 1.17 bits per heavy atom. The van der Waals surface area contributed by atoms with Gasteiger partial charge < -0.3 is 9.84 Å². The maximum absolute atomic E-state index is 10.3. The number of ether oxygens (including phenoxy) is 1. The van der Waals surface area contributed by atoms with Gasteiger partial charge in [-0.15, -0.1) is 0 Å². The van der Waals surface area contributed by atoms with Crippen LogP contribution in [0.2, 0.25) is 0 Å². The van der Waals surface area contributed by atoms with Crippen molar-refractivity contribution in [3.8, 4) is 5.75 Å². The van der Waals surface area contributed by atoms with E-state index in [1.807, 2.05) is 43.3 Å². The second kappa shape index (κ2) is 6.17. The molecule has 0 saturated carbocycles. The van der Waals surface area contributed by atoms with E-state index in [2.05, 4.69) is 4.98 Å². The second-order valence-electron chi connectivity index (χ2n) is 4.05. The van der Waals surface area contributed by atoms with Crippen molar-refractivity contribution in [2.75, 3.05) is 6.61 Å². The molecule has 1 unspecified atom stereocenters. The number of rotatable bonds is 5. The summed E-state index contributed by atoms with van der Waals surface area (Å²) >= 11 is 0. The SMILES string of the molecule is CCOc1ccccc1C(O)Cc1ccncc1. The Morgan fingerprint density at radius 3 is 2.61 bits per heavy atom. The number of aliphatic hydroxyl groups is 1. The van der Waals surface area contributed by atoms with E-state index < -0.39 is 6.10 Å². The van der Waals surface area contributed by atoms with E-state index in [9.17, 15) is 5.11 Å². The molecule has 18 heavy (non-hydrogen) atoms. The summed E-state index contributed by atoms with van der Waals surface area (Å²) in [5.41, 5.74) is 1.89. The van der Waals surface area contributed by atoms with Gasteiger partial charge in [0, 0.05) is 24.4 Å². The van der Waals surface area contributed by atoms with Crippen LogP contribution in [0.25, 0.3) is 0 Å². The highest BCUT2D eigenvalue weighted by atomic mass is 16.5. The van der Waals surface area contributed by atoms with E-state index in [4.69, 9.17) is 4.74 Å². The van der Waals surface area contributed by atoms with Crippen molar-refractivity contribution in [3.05, 3.63) is 59.9 Å². The quantitative estimate of drug-likeness (QED) is 0.878. The Morgan fingerprint density at radius 2 is 1.89 bits per heavy atom. The molecule has 0 saturated heterocycles. The summed E-state index contributed by atoms with van der Waals surface area (Å²) in [6.45, 7) is 2.53. The molecule has 1 aromatic heterocycles. The summed E-state index contributed by atoms with van der Waals surface area (Å²) < 4.78 is 5.52. The summed E-state index contributed by atoms with van der Waals surface area (Å²) in [7, 11) is 0. The number of hydrogen-bond acceptors (Lipinski definition) is 3. The Labute approximate surface area is 107 Å². The van der Waals surface area contributed by atoms with Crippen LogP contribution in [-0.4, -0.2) is 16.7 Å². The summed E-state index contributed by atoms with van der Waals surface area (Å²) in [4.78, 5) is 3.97. The van der Waals surface area contributed by atoms with Crippen LogP contribution in [0.3, 0.4) is 0 Å². The van der Waals surface area contributed by atoms with E-state index in [1.54, 1.807) is 12.4 Å². The average molecular weight is 243 g/mol. The van der Waals surface area contributed by atoms with Crippen LogP contribution in [0.4, 0.5) is 0 Å². The van der Waals surface area contributed by atoms with Gasteiger partial charge in [-0.25, -0.2) is 0 Å². The number of benzene rings is 1. The Kier molecular flexibility index (Phi) is 4.31. The fourth-order valence-corrected chi connectivity index (χ4v) is 1.89. The van der Waals surface area contributed by atoms with Crippen molar-refractivity contribution >= 4 is 0 Å². The average Bonchev–Trinajstić information content (AvgIpc) is 2.41. The lowest BCUT2D eigenvalue weighted by atomic mass is 10.0. The summed E-state index contributed by atoms with van der Waals surface area (Å²) in [6, 6.07) is 11.4. The molecule has 0 amide bonds. The Bertz CT molecular complexity index is 485. The molecule has 2 rings (SSSR count). The number of aromatic nitrogens is 1. The summed E-state index contributed by atoms with van der Waals surface area (Å²) in [5, 5.41) is 10.3. The second-order valence-corrected chi connectivity index (χ2v) is 4.05. The van der Waals surface area contributed by atoms with E-state index in [-0.39, 0.29) is 0 Å². The fraction of sp³-hybridized carbons (Fsp3) is 0.267. The monoisotopic (exact) mass is 243 g/mol. The molecule has 0 fully saturated rings. The number of hydrogen-bond donors (Lipinski definition) is 1. The molecule has 3 nitrogen and oxygen atoms in total. The standard InChI is InChI=1S/C15H17NO2/c1-2-18-15-6-4-3-5-13(15)14(17)11-12-7-9-16-10-8-12/h3-10,14,17H,2,11H2,1H3. The number of para-hydroxylation sites is 1. The number of pyridine rings is 1. The van der Waals surface area contributed by atoms with Gasteiger partial charge >= 0.3 is 0 Å². The van der Waals surface area contributed by atoms with Gasteiger partial charge in [0.1, 0.15) is 5.75 Å². The molecule has 0 spiro atoms. The molecule has 1 atom stereocenters. The maximum atomic E-state index is 10.3. The molecule has 3 heteroatoms. The van der Waals surface area contributed by atoms with Crippen LogP contribution in [0, 0.1) is 0 Å². The van der Waals surface area contributed by atoms with Crippen LogP contribution < -0.4 is 4.74 Å². The Hall–Kier alpha value is -1.87. The van der Waals surface area contributed by atoms with Gasteiger partial charge in [0.15, 0.2) is 0 Å². The molecule has 0 bridgehead atoms. The van der Waals surface area contributed by atoms with E-state index >= 15 is 0 Å². The highest BCUT2D eigenvalue weighted by Gasteiger charge is 2.13. The third-order valence-electron chi connectivity index (χ3n) is 2.76. The van der Waals surface area contributed by atoms with E-state index in [0.29, 0.717) is 13.0 Å². The summed E-state index contributed by atoms with van der Waals surface area (Å²) in [6.07, 6.45) is 3.47. The zero-order valence-electron chi connectivity index (χ0n) is 10.4. The van der Waals surface area contributed by atoms with Crippen LogP contribution >= 0.6 is 0 Å². The minimum atomic E-state index is -0.560.